The normalized spacial score (nSPS) is 13.2. The monoisotopic (exact) mass is 665 g/mol. The molecular formula is C49H31NO2. The third kappa shape index (κ3) is 3.96. The molecule has 52 heavy (non-hydrogen) atoms. The zero-order chi connectivity index (χ0) is 34.2. The highest BCUT2D eigenvalue weighted by Crippen LogP contribution is 2.60. The highest BCUT2D eigenvalue weighted by Gasteiger charge is 2.47. The third-order valence-electron chi connectivity index (χ3n) is 10.9. The van der Waals surface area contributed by atoms with Crippen LogP contribution >= 0.6 is 0 Å². The van der Waals surface area contributed by atoms with Crippen LogP contribution in [0.1, 0.15) is 22.3 Å². The lowest BCUT2D eigenvalue weighted by Gasteiger charge is -2.34. The lowest BCUT2D eigenvalue weighted by Crippen LogP contribution is -2.28. The van der Waals surface area contributed by atoms with Crippen molar-refractivity contribution in [3.05, 3.63) is 210 Å². The van der Waals surface area contributed by atoms with E-state index < -0.39 is 5.41 Å². The molecule has 11 rings (SSSR count). The lowest BCUT2D eigenvalue weighted by molar-refractivity contribution is 0.668. The molecule has 1 aliphatic rings. The first-order valence-electron chi connectivity index (χ1n) is 17.8. The molecule has 2 aromatic heterocycles. The molecule has 0 radical (unpaired) electrons. The molecular weight excluding hydrogens is 635 g/mol. The van der Waals surface area contributed by atoms with E-state index in [1.54, 1.807) is 0 Å². The van der Waals surface area contributed by atoms with Gasteiger partial charge in [0.25, 0.3) is 0 Å². The van der Waals surface area contributed by atoms with Crippen LogP contribution in [0.3, 0.4) is 0 Å². The largest absolute Gasteiger partial charge is 0.456 e. The topological polar surface area (TPSA) is 29.5 Å². The van der Waals surface area contributed by atoms with E-state index in [1.807, 2.05) is 18.2 Å². The molecule has 0 fully saturated rings. The molecule has 2 heterocycles. The number of para-hydroxylation sites is 2. The summed E-state index contributed by atoms with van der Waals surface area (Å²) in [7, 11) is 0. The molecule has 10 aromatic rings. The quantitative estimate of drug-likeness (QED) is 0.183. The Hall–Kier alpha value is -6.84. The van der Waals surface area contributed by atoms with Gasteiger partial charge in [0, 0.05) is 27.4 Å². The maximum absolute atomic E-state index is 6.49. The fraction of sp³-hybridized carbons (Fsp3) is 0.0204. The van der Waals surface area contributed by atoms with E-state index >= 15 is 0 Å². The summed E-state index contributed by atoms with van der Waals surface area (Å²) in [4.78, 5) is 2.44. The van der Waals surface area contributed by atoms with E-state index in [0.717, 1.165) is 60.9 Å². The van der Waals surface area contributed by atoms with Gasteiger partial charge < -0.3 is 13.7 Å². The Morgan fingerprint density at radius 2 is 0.942 bits per heavy atom. The van der Waals surface area contributed by atoms with Crippen molar-refractivity contribution in [2.24, 2.45) is 0 Å². The van der Waals surface area contributed by atoms with Gasteiger partial charge in [0.1, 0.15) is 22.3 Å². The molecule has 0 N–H and O–H groups in total. The van der Waals surface area contributed by atoms with Crippen LogP contribution in [0, 0.1) is 0 Å². The lowest BCUT2D eigenvalue weighted by atomic mass is 9.68. The van der Waals surface area contributed by atoms with Gasteiger partial charge >= 0.3 is 0 Å². The van der Waals surface area contributed by atoms with Gasteiger partial charge in [0.05, 0.1) is 22.2 Å². The first-order chi connectivity index (χ1) is 25.8. The molecule has 3 heteroatoms. The number of nitrogens with zero attached hydrogens (tertiary/aromatic N) is 1. The molecule has 0 bridgehead atoms. The molecule has 3 nitrogen and oxygen atoms in total. The van der Waals surface area contributed by atoms with Gasteiger partial charge in [-0.3, -0.25) is 0 Å². The Bertz CT molecular complexity index is 2930. The Morgan fingerprint density at radius 1 is 0.385 bits per heavy atom. The minimum Gasteiger partial charge on any atom is -0.456 e. The Kier molecular flexibility index (Phi) is 6.17. The van der Waals surface area contributed by atoms with Crippen molar-refractivity contribution in [2.75, 3.05) is 4.90 Å². The molecule has 1 aliphatic carbocycles. The molecule has 0 atom stereocenters. The van der Waals surface area contributed by atoms with Crippen molar-refractivity contribution in [3.8, 4) is 11.1 Å². The van der Waals surface area contributed by atoms with E-state index in [4.69, 9.17) is 8.83 Å². The van der Waals surface area contributed by atoms with Gasteiger partial charge in [-0.05, 0) is 76.3 Å². The van der Waals surface area contributed by atoms with Crippen molar-refractivity contribution in [1.82, 2.24) is 0 Å². The Balaban J connectivity index is 1.28. The zero-order valence-corrected chi connectivity index (χ0v) is 28.2. The molecule has 0 saturated carbocycles. The molecule has 0 spiro atoms. The second kappa shape index (κ2) is 11.1. The summed E-state index contributed by atoms with van der Waals surface area (Å²) < 4.78 is 12.8. The average molecular weight is 666 g/mol. The van der Waals surface area contributed by atoms with Crippen molar-refractivity contribution < 1.29 is 8.83 Å². The van der Waals surface area contributed by atoms with Gasteiger partial charge in [-0.25, -0.2) is 0 Å². The molecule has 8 aromatic carbocycles. The van der Waals surface area contributed by atoms with E-state index in [1.165, 1.54) is 33.4 Å². The fourth-order valence-corrected chi connectivity index (χ4v) is 8.86. The molecule has 0 aliphatic heterocycles. The number of fused-ring (bicyclic) bond motifs is 9. The molecule has 0 unspecified atom stereocenters. The number of hydrogen-bond acceptors (Lipinski definition) is 3. The van der Waals surface area contributed by atoms with Gasteiger partial charge in [-0.1, -0.05) is 140 Å². The van der Waals surface area contributed by atoms with Crippen molar-refractivity contribution in [1.29, 1.82) is 0 Å². The first-order valence-corrected chi connectivity index (χ1v) is 17.8. The van der Waals surface area contributed by atoms with Gasteiger partial charge in [0.15, 0.2) is 0 Å². The highest BCUT2D eigenvalue weighted by atomic mass is 16.3. The number of rotatable bonds is 5. The van der Waals surface area contributed by atoms with Crippen LogP contribution in [0.2, 0.25) is 0 Å². The second-order valence-corrected chi connectivity index (χ2v) is 13.6. The van der Waals surface area contributed by atoms with Crippen LogP contribution < -0.4 is 4.90 Å². The van der Waals surface area contributed by atoms with Crippen LogP contribution in [0.5, 0.6) is 0 Å². The van der Waals surface area contributed by atoms with Crippen molar-refractivity contribution in [2.45, 2.75) is 5.41 Å². The maximum Gasteiger partial charge on any atom is 0.137 e. The average Bonchev–Trinajstić information content (AvgIpc) is 3.88. The van der Waals surface area contributed by atoms with Crippen molar-refractivity contribution >= 4 is 60.9 Å². The zero-order valence-electron chi connectivity index (χ0n) is 28.2. The first kappa shape index (κ1) is 28.9. The number of hydrogen-bond donors (Lipinski definition) is 0. The molecule has 244 valence electrons. The van der Waals surface area contributed by atoms with E-state index in [9.17, 15) is 0 Å². The predicted octanol–water partition coefficient (Wildman–Crippen LogP) is 13.3. The number of anilines is 3. The SMILES string of the molecule is c1ccc(C2(c3ccccc3)c3ccccc3-c3c(N(c4ccc5oc6ccccc6c5c4)c4cccc5oc6ccccc6c45)cccc32)cc1. The summed E-state index contributed by atoms with van der Waals surface area (Å²) >= 11 is 0. The predicted molar refractivity (Wildman–Crippen MR) is 213 cm³/mol. The number of benzene rings is 8. The highest BCUT2D eigenvalue weighted by molar-refractivity contribution is 6.15. The van der Waals surface area contributed by atoms with Crippen LogP contribution in [-0.2, 0) is 5.41 Å². The van der Waals surface area contributed by atoms with E-state index in [-0.39, 0.29) is 0 Å². The van der Waals surface area contributed by atoms with E-state index in [0.29, 0.717) is 0 Å². The standard InChI is InChI=1S/C49H31NO2/c1-3-15-32(16-4-1)49(33-17-5-2-6-18-33)39-22-10-7-20-36(39)47-40(49)23-13-24-41(47)50(34-29-30-45-38(31-34)35-19-8-11-26-43(35)51-45)42-25-14-28-46-48(42)37-21-9-12-27-44(37)52-46/h1-31H. The minimum atomic E-state index is -0.519. The van der Waals surface area contributed by atoms with Crippen LogP contribution in [0.15, 0.2) is 197 Å². The second-order valence-electron chi connectivity index (χ2n) is 13.6. The fourth-order valence-electron chi connectivity index (χ4n) is 8.86. The minimum absolute atomic E-state index is 0.519. The van der Waals surface area contributed by atoms with Gasteiger partial charge in [0.2, 0.25) is 0 Å². The van der Waals surface area contributed by atoms with Crippen LogP contribution in [0.4, 0.5) is 17.1 Å². The van der Waals surface area contributed by atoms with Crippen LogP contribution in [-0.4, -0.2) is 0 Å². The summed E-state index contributed by atoms with van der Waals surface area (Å²) in [6.45, 7) is 0. The van der Waals surface area contributed by atoms with Gasteiger partial charge in [-0.2, -0.15) is 0 Å². The summed E-state index contributed by atoms with van der Waals surface area (Å²) in [5.41, 5.74) is 13.6. The maximum atomic E-state index is 6.49. The Morgan fingerprint density at radius 3 is 1.73 bits per heavy atom. The third-order valence-corrected chi connectivity index (χ3v) is 10.9. The number of furan rings is 2. The van der Waals surface area contributed by atoms with Crippen molar-refractivity contribution in [3.63, 3.8) is 0 Å². The van der Waals surface area contributed by atoms with Crippen LogP contribution in [0.25, 0.3) is 55.0 Å². The van der Waals surface area contributed by atoms with Gasteiger partial charge in [-0.15, -0.1) is 0 Å². The molecule has 0 saturated heterocycles. The summed E-state index contributed by atoms with van der Waals surface area (Å²) in [5.74, 6) is 0. The molecule has 0 amide bonds. The Labute approximate surface area is 300 Å². The summed E-state index contributed by atoms with van der Waals surface area (Å²) in [5, 5.41) is 4.35. The summed E-state index contributed by atoms with van der Waals surface area (Å²) in [6, 6.07) is 67.4. The summed E-state index contributed by atoms with van der Waals surface area (Å²) in [6.07, 6.45) is 0. The van der Waals surface area contributed by atoms with E-state index in [2.05, 4.69) is 175 Å². The smallest absolute Gasteiger partial charge is 0.137 e.